The summed E-state index contributed by atoms with van der Waals surface area (Å²) in [7, 11) is 0. The van der Waals surface area contributed by atoms with Crippen molar-refractivity contribution in [3.05, 3.63) is 65.2 Å². The van der Waals surface area contributed by atoms with Gasteiger partial charge in [0.25, 0.3) is 5.91 Å². The average molecular weight is 363 g/mol. The quantitative estimate of drug-likeness (QED) is 0.793. The van der Waals surface area contributed by atoms with Crippen LogP contribution in [0.5, 0.6) is 0 Å². The Hall–Kier alpha value is -2.13. The van der Waals surface area contributed by atoms with Crippen LogP contribution in [0.1, 0.15) is 65.9 Å². The number of hydrogen-bond donors (Lipinski definition) is 1. The molecular weight excluding hydrogens is 332 g/mol. The number of piperidine rings is 1. The zero-order valence-electron chi connectivity index (χ0n) is 16.3. The number of anilines is 1. The zero-order valence-corrected chi connectivity index (χ0v) is 16.3. The molecule has 27 heavy (non-hydrogen) atoms. The fraction of sp³-hybridized carbons (Fsp3) is 0.458. The number of aryl methyl sites for hydroxylation is 1. The minimum absolute atomic E-state index is 0.0338. The zero-order chi connectivity index (χ0) is 18.6. The van der Waals surface area contributed by atoms with Gasteiger partial charge in [0.15, 0.2) is 0 Å². The molecule has 2 aromatic carbocycles. The van der Waals surface area contributed by atoms with Gasteiger partial charge in [0, 0.05) is 17.3 Å². The van der Waals surface area contributed by atoms with E-state index in [0.717, 1.165) is 17.3 Å². The van der Waals surface area contributed by atoms with Gasteiger partial charge in [0.05, 0.1) is 0 Å². The minimum Gasteiger partial charge on any atom is -0.322 e. The van der Waals surface area contributed by atoms with Crippen LogP contribution in [0.2, 0.25) is 0 Å². The van der Waals surface area contributed by atoms with E-state index in [1.807, 2.05) is 36.4 Å². The van der Waals surface area contributed by atoms with Crippen LogP contribution >= 0.6 is 0 Å². The number of rotatable bonds is 4. The van der Waals surface area contributed by atoms with Crippen LogP contribution in [0.3, 0.4) is 0 Å². The Morgan fingerprint density at radius 3 is 2.52 bits per heavy atom. The number of carbonyl (C=O) groups is 1. The summed E-state index contributed by atoms with van der Waals surface area (Å²) in [6.45, 7) is 4.73. The first-order chi connectivity index (χ1) is 13.2. The molecule has 3 heteroatoms. The van der Waals surface area contributed by atoms with E-state index in [-0.39, 0.29) is 5.91 Å². The average Bonchev–Trinajstić information content (AvgIpc) is 3.19. The van der Waals surface area contributed by atoms with E-state index >= 15 is 0 Å². The van der Waals surface area contributed by atoms with Crippen molar-refractivity contribution in [2.24, 2.45) is 0 Å². The number of benzene rings is 2. The normalized spacial score (nSPS) is 23.3. The largest absolute Gasteiger partial charge is 0.322 e. The van der Waals surface area contributed by atoms with Gasteiger partial charge in [-0.05, 0) is 93.4 Å². The van der Waals surface area contributed by atoms with E-state index in [4.69, 9.17) is 0 Å². The third-order valence-corrected chi connectivity index (χ3v) is 6.32. The molecule has 2 fully saturated rings. The third-order valence-electron chi connectivity index (χ3n) is 6.32. The highest BCUT2D eigenvalue weighted by molar-refractivity contribution is 6.04. The van der Waals surface area contributed by atoms with Crippen molar-refractivity contribution >= 4 is 11.6 Å². The Balaban J connectivity index is 1.42. The van der Waals surface area contributed by atoms with Gasteiger partial charge in [-0.1, -0.05) is 30.7 Å². The maximum absolute atomic E-state index is 12.5. The molecule has 1 aliphatic carbocycles. The van der Waals surface area contributed by atoms with Gasteiger partial charge in [0.1, 0.15) is 0 Å². The Morgan fingerprint density at radius 2 is 1.78 bits per heavy atom. The molecule has 0 radical (unpaired) electrons. The molecule has 142 valence electrons. The second-order valence-corrected chi connectivity index (χ2v) is 8.15. The Morgan fingerprint density at radius 1 is 1.00 bits per heavy atom. The lowest BCUT2D eigenvalue weighted by atomic mass is 9.91. The number of carbonyl (C=O) groups excluding carboxylic acids is 1. The van der Waals surface area contributed by atoms with Crippen molar-refractivity contribution in [2.45, 2.75) is 57.4 Å². The van der Waals surface area contributed by atoms with E-state index in [9.17, 15) is 4.79 Å². The van der Waals surface area contributed by atoms with Crippen LogP contribution < -0.4 is 5.32 Å². The van der Waals surface area contributed by atoms with Crippen molar-refractivity contribution in [3.8, 4) is 0 Å². The lowest BCUT2D eigenvalue weighted by molar-refractivity contribution is 0.102. The van der Waals surface area contributed by atoms with E-state index in [2.05, 4.69) is 29.3 Å². The van der Waals surface area contributed by atoms with E-state index < -0.39 is 0 Å². The number of nitrogens with zero attached hydrogens (tertiary/aromatic N) is 1. The summed E-state index contributed by atoms with van der Waals surface area (Å²) in [6, 6.07) is 16.7. The van der Waals surface area contributed by atoms with Crippen molar-refractivity contribution in [3.63, 3.8) is 0 Å². The maximum Gasteiger partial charge on any atom is 0.255 e. The highest BCUT2D eigenvalue weighted by Crippen LogP contribution is 2.39. The first-order valence-electron chi connectivity index (χ1n) is 10.4. The maximum atomic E-state index is 12.5. The van der Waals surface area contributed by atoms with Crippen molar-refractivity contribution < 1.29 is 4.79 Å². The summed E-state index contributed by atoms with van der Waals surface area (Å²) >= 11 is 0. The SMILES string of the molecule is Cc1cc(C(=O)Nc2ccccc2)ccc1C1CCC(N2CCCCC2)C1. The van der Waals surface area contributed by atoms with Crippen molar-refractivity contribution in [1.29, 1.82) is 0 Å². The lowest BCUT2D eigenvalue weighted by Gasteiger charge is -2.32. The van der Waals surface area contributed by atoms with Gasteiger partial charge in [-0.3, -0.25) is 4.79 Å². The minimum atomic E-state index is -0.0338. The van der Waals surface area contributed by atoms with Gasteiger partial charge in [0.2, 0.25) is 0 Å². The van der Waals surface area contributed by atoms with E-state index in [1.165, 1.54) is 62.7 Å². The molecule has 2 aromatic rings. The van der Waals surface area contributed by atoms with Crippen LogP contribution in [-0.2, 0) is 0 Å². The Kier molecular flexibility index (Phi) is 5.58. The summed E-state index contributed by atoms with van der Waals surface area (Å²) < 4.78 is 0. The lowest BCUT2D eigenvalue weighted by Crippen LogP contribution is -2.37. The number of amides is 1. The molecule has 1 heterocycles. The van der Waals surface area contributed by atoms with Crippen LogP contribution in [-0.4, -0.2) is 29.9 Å². The number of nitrogens with one attached hydrogen (secondary N) is 1. The topological polar surface area (TPSA) is 32.3 Å². The number of hydrogen-bond acceptors (Lipinski definition) is 2. The standard InChI is InChI=1S/C24H30N2O/c1-18-16-20(24(27)25-21-8-4-2-5-9-21)11-13-23(18)19-10-12-22(17-19)26-14-6-3-7-15-26/h2,4-5,8-9,11,13,16,19,22H,3,6-7,10,12,14-15,17H2,1H3,(H,25,27). The predicted molar refractivity (Wildman–Crippen MR) is 111 cm³/mol. The summed E-state index contributed by atoms with van der Waals surface area (Å²) in [6.07, 6.45) is 8.00. The first kappa shape index (κ1) is 18.2. The van der Waals surface area contributed by atoms with Crippen LogP contribution in [0.25, 0.3) is 0 Å². The molecule has 1 saturated carbocycles. The monoisotopic (exact) mass is 362 g/mol. The molecule has 3 nitrogen and oxygen atoms in total. The van der Waals surface area contributed by atoms with Gasteiger partial charge in [-0.2, -0.15) is 0 Å². The molecule has 0 bridgehead atoms. The van der Waals surface area contributed by atoms with Gasteiger partial charge < -0.3 is 10.2 Å². The molecule has 2 atom stereocenters. The summed E-state index contributed by atoms with van der Waals surface area (Å²) in [5.41, 5.74) is 4.26. The van der Waals surface area contributed by atoms with Crippen LogP contribution in [0.15, 0.2) is 48.5 Å². The van der Waals surface area contributed by atoms with Crippen LogP contribution in [0.4, 0.5) is 5.69 Å². The van der Waals surface area contributed by atoms with Gasteiger partial charge >= 0.3 is 0 Å². The molecule has 2 unspecified atom stereocenters. The number of likely N-dealkylation sites (tertiary alicyclic amines) is 1. The van der Waals surface area contributed by atoms with Crippen molar-refractivity contribution in [1.82, 2.24) is 4.90 Å². The Labute approximate surface area is 162 Å². The van der Waals surface area contributed by atoms with Crippen molar-refractivity contribution in [2.75, 3.05) is 18.4 Å². The molecule has 1 aliphatic heterocycles. The number of para-hydroxylation sites is 1. The van der Waals surface area contributed by atoms with E-state index in [0.29, 0.717) is 5.92 Å². The van der Waals surface area contributed by atoms with Gasteiger partial charge in [-0.25, -0.2) is 0 Å². The first-order valence-corrected chi connectivity index (χ1v) is 10.4. The molecule has 4 rings (SSSR count). The highest BCUT2D eigenvalue weighted by atomic mass is 16.1. The second-order valence-electron chi connectivity index (χ2n) is 8.15. The Bertz CT molecular complexity index is 780. The molecule has 0 spiro atoms. The molecule has 1 N–H and O–H groups in total. The van der Waals surface area contributed by atoms with E-state index in [1.54, 1.807) is 0 Å². The third kappa shape index (κ3) is 4.24. The molecule has 1 saturated heterocycles. The van der Waals surface area contributed by atoms with Gasteiger partial charge in [-0.15, -0.1) is 0 Å². The fourth-order valence-electron chi connectivity index (χ4n) is 4.86. The van der Waals surface area contributed by atoms with Crippen LogP contribution in [0, 0.1) is 6.92 Å². The molecule has 2 aliphatic rings. The molecular formula is C24H30N2O. The molecule has 1 amide bonds. The summed E-state index contributed by atoms with van der Waals surface area (Å²) in [4.78, 5) is 15.3. The molecule has 0 aromatic heterocycles. The summed E-state index contributed by atoms with van der Waals surface area (Å²) in [5.74, 6) is 0.608. The second kappa shape index (κ2) is 8.26. The fourth-order valence-corrected chi connectivity index (χ4v) is 4.86. The highest BCUT2D eigenvalue weighted by Gasteiger charge is 2.31. The smallest absolute Gasteiger partial charge is 0.255 e. The summed E-state index contributed by atoms with van der Waals surface area (Å²) in [5, 5.41) is 2.98. The predicted octanol–water partition coefficient (Wildman–Crippen LogP) is 5.37.